The average Bonchev–Trinajstić information content (AvgIpc) is 2.58. The summed E-state index contributed by atoms with van der Waals surface area (Å²) in [6, 6.07) is 7.23. The number of ether oxygens (including phenoxy) is 3. The zero-order chi connectivity index (χ0) is 17.1. The smallest absolute Gasteiger partial charge is 0.306 e. The van der Waals surface area contributed by atoms with Crippen LogP contribution in [0.1, 0.15) is 26.7 Å². The Bertz CT molecular complexity index is 482. The van der Waals surface area contributed by atoms with Crippen LogP contribution in [0.3, 0.4) is 0 Å². The van der Waals surface area contributed by atoms with Gasteiger partial charge in [0.1, 0.15) is 11.5 Å². The van der Waals surface area contributed by atoms with Gasteiger partial charge in [-0.1, -0.05) is 0 Å². The van der Waals surface area contributed by atoms with E-state index < -0.39 is 0 Å². The van der Waals surface area contributed by atoms with Crippen LogP contribution >= 0.6 is 0 Å². The van der Waals surface area contributed by atoms with E-state index in [0.29, 0.717) is 26.1 Å². The van der Waals surface area contributed by atoms with Crippen molar-refractivity contribution in [2.45, 2.75) is 26.7 Å². The fourth-order valence-electron chi connectivity index (χ4n) is 1.96. The van der Waals surface area contributed by atoms with Crippen LogP contribution in [-0.4, -0.2) is 50.2 Å². The molecule has 0 aliphatic carbocycles. The van der Waals surface area contributed by atoms with E-state index in [2.05, 4.69) is 0 Å². The van der Waals surface area contributed by atoms with E-state index in [1.54, 1.807) is 24.1 Å². The maximum absolute atomic E-state index is 11.7. The molecule has 0 unspecified atom stereocenters. The Kier molecular flexibility index (Phi) is 8.57. The van der Waals surface area contributed by atoms with E-state index in [0.717, 1.165) is 11.5 Å². The zero-order valence-corrected chi connectivity index (χ0v) is 14.0. The summed E-state index contributed by atoms with van der Waals surface area (Å²) in [4.78, 5) is 24.9. The molecule has 0 aromatic heterocycles. The zero-order valence-electron chi connectivity index (χ0n) is 14.0. The van der Waals surface area contributed by atoms with E-state index in [-0.39, 0.29) is 24.9 Å². The number of nitrogens with zero attached hydrogens (tertiary/aromatic N) is 1. The molecule has 0 heterocycles. The molecule has 0 radical (unpaired) electrons. The highest BCUT2D eigenvalue weighted by atomic mass is 16.5. The molecule has 1 rings (SSSR count). The van der Waals surface area contributed by atoms with Gasteiger partial charge < -0.3 is 19.1 Å². The minimum Gasteiger partial charge on any atom is -0.497 e. The minimum absolute atomic E-state index is 0.169. The molecule has 0 N–H and O–H groups in total. The molecule has 0 aliphatic rings. The van der Waals surface area contributed by atoms with Gasteiger partial charge in [0.25, 0.3) is 5.91 Å². The van der Waals surface area contributed by atoms with Crippen LogP contribution in [0.2, 0.25) is 0 Å². The standard InChI is InChI=1S/C17H25NO5/c1-4-18(5-2)16(19)13-23-17(20)7-6-12-22-15-10-8-14(21-3)9-11-15/h8-11H,4-7,12-13H2,1-3H3. The highest BCUT2D eigenvalue weighted by Crippen LogP contribution is 2.17. The first-order valence-corrected chi connectivity index (χ1v) is 7.80. The number of benzene rings is 1. The lowest BCUT2D eigenvalue weighted by molar-refractivity contribution is -0.152. The van der Waals surface area contributed by atoms with Crippen LogP contribution in [-0.2, 0) is 14.3 Å². The Morgan fingerprint density at radius 2 is 1.65 bits per heavy atom. The Morgan fingerprint density at radius 3 is 2.22 bits per heavy atom. The van der Waals surface area contributed by atoms with Crippen molar-refractivity contribution >= 4 is 11.9 Å². The van der Waals surface area contributed by atoms with Gasteiger partial charge in [-0.05, 0) is 44.5 Å². The van der Waals surface area contributed by atoms with Gasteiger partial charge in [-0.3, -0.25) is 9.59 Å². The number of carbonyl (C=O) groups is 2. The maximum atomic E-state index is 11.7. The molecule has 23 heavy (non-hydrogen) atoms. The van der Waals surface area contributed by atoms with E-state index >= 15 is 0 Å². The molecule has 0 bridgehead atoms. The third-order valence-electron chi connectivity index (χ3n) is 3.33. The Balaban J connectivity index is 2.17. The van der Waals surface area contributed by atoms with Crippen molar-refractivity contribution in [3.63, 3.8) is 0 Å². The van der Waals surface area contributed by atoms with E-state index in [1.807, 2.05) is 26.0 Å². The third-order valence-corrected chi connectivity index (χ3v) is 3.33. The predicted octanol–water partition coefficient (Wildman–Crippen LogP) is 2.27. The number of likely N-dealkylation sites (N-methyl/N-ethyl adjacent to an activating group) is 1. The van der Waals surface area contributed by atoms with Crippen LogP contribution in [0.5, 0.6) is 11.5 Å². The fourth-order valence-corrected chi connectivity index (χ4v) is 1.96. The highest BCUT2D eigenvalue weighted by Gasteiger charge is 2.12. The van der Waals surface area contributed by atoms with Crippen molar-refractivity contribution in [3.8, 4) is 11.5 Å². The highest BCUT2D eigenvalue weighted by molar-refractivity contribution is 5.80. The fraction of sp³-hybridized carbons (Fsp3) is 0.529. The van der Waals surface area contributed by atoms with Gasteiger partial charge in [-0.2, -0.15) is 0 Å². The molecule has 1 aromatic rings. The normalized spacial score (nSPS) is 10.0. The molecule has 128 valence electrons. The molecular formula is C17H25NO5. The quantitative estimate of drug-likeness (QED) is 0.488. The first-order valence-electron chi connectivity index (χ1n) is 7.80. The minimum atomic E-state index is -0.385. The topological polar surface area (TPSA) is 65.1 Å². The van der Waals surface area contributed by atoms with Crippen LogP contribution in [0.4, 0.5) is 0 Å². The van der Waals surface area contributed by atoms with Crippen molar-refractivity contribution in [2.24, 2.45) is 0 Å². The van der Waals surface area contributed by atoms with E-state index in [1.165, 1.54) is 0 Å². The van der Waals surface area contributed by atoms with Crippen molar-refractivity contribution in [1.29, 1.82) is 0 Å². The molecule has 6 heteroatoms. The molecule has 0 fully saturated rings. The molecule has 0 saturated heterocycles. The van der Waals surface area contributed by atoms with Gasteiger partial charge in [0, 0.05) is 19.5 Å². The van der Waals surface area contributed by atoms with Gasteiger partial charge in [0.15, 0.2) is 6.61 Å². The second-order valence-electron chi connectivity index (χ2n) is 4.85. The van der Waals surface area contributed by atoms with Crippen molar-refractivity contribution in [2.75, 3.05) is 33.4 Å². The number of esters is 1. The van der Waals surface area contributed by atoms with Crippen molar-refractivity contribution in [3.05, 3.63) is 24.3 Å². The Labute approximate surface area is 137 Å². The van der Waals surface area contributed by atoms with Gasteiger partial charge >= 0.3 is 5.97 Å². The lowest BCUT2D eigenvalue weighted by Gasteiger charge is -2.18. The molecule has 1 aromatic carbocycles. The maximum Gasteiger partial charge on any atom is 0.306 e. The Morgan fingerprint density at radius 1 is 1.04 bits per heavy atom. The van der Waals surface area contributed by atoms with Gasteiger partial charge in [-0.15, -0.1) is 0 Å². The summed E-state index contributed by atoms with van der Waals surface area (Å²) in [5.41, 5.74) is 0. The summed E-state index contributed by atoms with van der Waals surface area (Å²) in [5.74, 6) is 0.927. The Hall–Kier alpha value is -2.24. The largest absolute Gasteiger partial charge is 0.497 e. The van der Waals surface area contributed by atoms with Crippen LogP contribution in [0.15, 0.2) is 24.3 Å². The van der Waals surface area contributed by atoms with E-state index in [4.69, 9.17) is 14.2 Å². The summed E-state index contributed by atoms with van der Waals surface area (Å²) in [6.07, 6.45) is 0.756. The lowest BCUT2D eigenvalue weighted by atomic mass is 10.3. The molecule has 0 atom stereocenters. The van der Waals surface area contributed by atoms with Gasteiger partial charge in [-0.25, -0.2) is 0 Å². The summed E-state index contributed by atoms with van der Waals surface area (Å²) in [7, 11) is 1.60. The molecule has 0 aliphatic heterocycles. The van der Waals surface area contributed by atoms with Crippen LogP contribution < -0.4 is 9.47 Å². The number of hydrogen-bond donors (Lipinski definition) is 0. The van der Waals surface area contributed by atoms with E-state index in [9.17, 15) is 9.59 Å². The third kappa shape index (κ3) is 7.04. The van der Waals surface area contributed by atoms with Gasteiger partial charge in [0.05, 0.1) is 13.7 Å². The first-order chi connectivity index (χ1) is 11.1. The summed E-state index contributed by atoms with van der Waals surface area (Å²) >= 11 is 0. The van der Waals surface area contributed by atoms with Crippen molar-refractivity contribution in [1.82, 2.24) is 4.90 Å². The summed E-state index contributed by atoms with van der Waals surface area (Å²) in [5, 5.41) is 0. The van der Waals surface area contributed by atoms with Crippen LogP contribution in [0.25, 0.3) is 0 Å². The molecule has 0 saturated carbocycles. The number of methoxy groups -OCH3 is 1. The molecule has 6 nitrogen and oxygen atoms in total. The summed E-state index contributed by atoms with van der Waals surface area (Å²) < 4.78 is 15.5. The monoisotopic (exact) mass is 323 g/mol. The number of amides is 1. The molecular weight excluding hydrogens is 298 g/mol. The number of rotatable bonds is 10. The lowest BCUT2D eigenvalue weighted by Crippen LogP contribution is -2.34. The first kappa shape index (κ1) is 18.8. The molecule has 0 spiro atoms. The number of hydrogen-bond acceptors (Lipinski definition) is 5. The number of carbonyl (C=O) groups excluding carboxylic acids is 2. The van der Waals surface area contributed by atoms with Crippen LogP contribution in [0, 0.1) is 0 Å². The average molecular weight is 323 g/mol. The van der Waals surface area contributed by atoms with Gasteiger partial charge in [0.2, 0.25) is 0 Å². The second-order valence-corrected chi connectivity index (χ2v) is 4.85. The summed E-state index contributed by atoms with van der Waals surface area (Å²) in [6.45, 7) is 5.22. The predicted molar refractivity (Wildman–Crippen MR) is 86.6 cm³/mol. The second kappa shape index (κ2) is 10.5. The van der Waals surface area contributed by atoms with Crippen molar-refractivity contribution < 1.29 is 23.8 Å². The molecule has 1 amide bonds. The SMILES string of the molecule is CCN(CC)C(=O)COC(=O)CCCOc1ccc(OC)cc1.